The van der Waals surface area contributed by atoms with E-state index in [0.29, 0.717) is 30.8 Å². The number of amides is 1. The zero-order valence-electron chi connectivity index (χ0n) is 24.1. The zero-order chi connectivity index (χ0) is 27.7. The van der Waals surface area contributed by atoms with Crippen LogP contribution in [0.1, 0.15) is 92.5 Å². The van der Waals surface area contributed by atoms with Crippen LogP contribution in [0.3, 0.4) is 0 Å². The van der Waals surface area contributed by atoms with Crippen LogP contribution in [0.2, 0.25) is 0 Å². The van der Waals surface area contributed by atoms with Gasteiger partial charge in [0.25, 0.3) is 5.91 Å². The summed E-state index contributed by atoms with van der Waals surface area (Å²) in [4.78, 5) is 26.7. The molecule has 5 rings (SSSR count). The molecule has 2 aliphatic carbocycles. The lowest BCUT2D eigenvalue weighted by atomic mass is 9.87. The SMILES string of the molecule is COc1ccc(C(=O)NCCC2CCCCC2)c(N2CCC(COc3cccc(C(CC=O)C4CC4)c3)CC2)c1. The van der Waals surface area contributed by atoms with Gasteiger partial charge in [0.05, 0.1) is 25.0 Å². The summed E-state index contributed by atoms with van der Waals surface area (Å²) < 4.78 is 11.8. The number of nitrogens with zero attached hydrogens (tertiary/aromatic N) is 1. The molecule has 6 nitrogen and oxygen atoms in total. The van der Waals surface area contributed by atoms with Gasteiger partial charge in [0.2, 0.25) is 0 Å². The van der Waals surface area contributed by atoms with E-state index in [1.54, 1.807) is 7.11 Å². The molecule has 2 aromatic carbocycles. The van der Waals surface area contributed by atoms with E-state index in [2.05, 4.69) is 28.4 Å². The molecule has 1 N–H and O–H groups in total. The van der Waals surface area contributed by atoms with Crippen molar-refractivity contribution in [1.29, 1.82) is 0 Å². The Morgan fingerprint density at radius 3 is 2.50 bits per heavy atom. The summed E-state index contributed by atoms with van der Waals surface area (Å²) in [5.41, 5.74) is 2.92. The summed E-state index contributed by atoms with van der Waals surface area (Å²) >= 11 is 0. The van der Waals surface area contributed by atoms with Gasteiger partial charge >= 0.3 is 0 Å². The van der Waals surface area contributed by atoms with Crippen LogP contribution in [0.15, 0.2) is 42.5 Å². The number of hydrogen-bond donors (Lipinski definition) is 1. The highest BCUT2D eigenvalue weighted by Gasteiger charge is 2.32. The minimum Gasteiger partial charge on any atom is -0.497 e. The number of carbonyl (C=O) groups is 2. The largest absolute Gasteiger partial charge is 0.497 e. The third kappa shape index (κ3) is 7.58. The van der Waals surface area contributed by atoms with E-state index in [0.717, 1.165) is 73.9 Å². The van der Waals surface area contributed by atoms with Crippen molar-refractivity contribution in [2.75, 3.05) is 38.3 Å². The highest BCUT2D eigenvalue weighted by molar-refractivity contribution is 6.00. The first-order chi connectivity index (χ1) is 19.6. The Hall–Kier alpha value is -3.02. The molecule has 40 heavy (non-hydrogen) atoms. The van der Waals surface area contributed by atoms with E-state index in [-0.39, 0.29) is 5.91 Å². The van der Waals surface area contributed by atoms with Crippen LogP contribution < -0.4 is 19.7 Å². The molecule has 1 aliphatic heterocycles. The number of ether oxygens (including phenoxy) is 2. The van der Waals surface area contributed by atoms with E-state index in [4.69, 9.17) is 9.47 Å². The lowest BCUT2D eigenvalue weighted by Crippen LogP contribution is -2.37. The number of piperidine rings is 1. The van der Waals surface area contributed by atoms with Crippen LogP contribution >= 0.6 is 0 Å². The summed E-state index contributed by atoms with van der Waals surface area (Å²) in [6.45, 7) is 3.19. The molecule has 0 spiro atoms. The molecule has 1 amide bonds. The van der Waals surface area contributed by atoms with E-state index < -0.39 is 0 Å². The van der Waals surface area contributed by atoms with E-state index in [9.17, 15) is 9.59 Å². The van der Waals surface area contributed by atoms with Gasteiger partial charge in [-0.15, -0.1) is 0 Å². The summed E-state index contributed by atoms with van der Waals surface area (Å²) in [5.74, 6) is 3.88. The molecule has 2 saturated carbocycles. The van der Waals surface area contributed by atoms with Gasteiger partial charge < -0.3 is 24.5 Å². The molecule has 1 saturated heterocycles. The standard InChI is InChI=1S/C34H46N2O4/c1-39-29-12-13-32(34(38)35-18-14-25-6-3-2-4-7-25)33(23-29)36-19-15-26(16-20-36)24-40-30-9-5-8-28(22-30)31(17-21-37)27-10-11-27/h5,8-9,12-13,21-23,25-27,31H,2-4,6-7,10-11,14-20,24H2,1H3,(H,35,38). The third-order valence-corrected chi connectivity index (χ3v) is 9.28. The maximum atomic E-state index is 13.2. The number of aldehydes is 1. The average molecular weight is 547 g/mol. The molecule has 2 aromatic rings. The van der Waals surface area contributed by atoms with Gasteiger partial charge in [-0.25, -0.2) is 0 Å². The Labute approximate surface area is 239 Å². The van der Waals surface area contributed by atoms with E-state index in [1.807, 2.05) is 24.3 Å². The summed E-state index contributed by atoms with van der Waals surface area (Å²) in [7, 11) is 1.67. The number of nitrogens with one attached hydrogen (secondary N) is 1. The molecule has 6 heteroatoms. The van der Waals surface area contributed by atoms with Crippen molar-refractivity contribution in [3.63, 3.8) is 0 Å². The summed E-state index contributed by atoms with van der Waals surface area (Å²) in [5, 5.41) is 3.20. The first-order valence-electron chi connectivity index (χ1n) is 15.5. The molecule has 1 unspecified atom stereocenters. The van der Waals surface area contributed by atoms with Crippen molar-refractivity contribution in [1.82, 2.24) is 5.32 Å². The fraction of sp³-hybridized carbons (Fsp3) is 0.588. The van der Waals surface area contributed by atoms with Crippen LogP contribution in [0.25, 0.3) is 0 Å². The first-order valence-corrected chi connectivity index (χ1v) is 15.5. The van der Waals surface area contributed by atoms with Crippen LogP contribution in [0.5, 0.6) is 11.5 Å². The van der Waals surface area contributed by atoms with Crippen molar-refractivity contribution < 1.29 is 19.1 Å². The van der Waals surface area contributed by atoms with Crippen LogP contribution in [-0.2, 0) is 4.79 Å². The zero-order valence-corrected chi connectivity index (χ0v) is 24.1. The molecule has 3 aliphatic rings. The summed E-state index contributed by atoms with van der Waals surface area (Å²) in [6, 6.07) is 14.2. The van der Waals surface area contributed by atoms with Gasteiger partial charge in [0, 0.05) is 32.1 Å². The van der Waals surface area contributed by atoms with Crippen molar-refractivity contribution in [3.8, 4) is 11.5 Å². The number of hydrogen-bond acceptors (Lipinski definition) is 5. The highest BCUT2D eigenvalue weighted by Crippen LogP contribution is 2.44. The lowest BCUT2D eigenvalue weighted by Gasteiger charge is -2.34. The molecule has 216 valence electrons. The molecular formula is C34H46N2O4. The van der Waals surface area contributed by atoms with Crippen molar-refractivity contribution in [2.24, 2.45) is 17.8 Å². The second-order valence-corrected chi connectivity index (χ2v) is 12.1. The smallest absolute Gasteiger partial charge is 0.253 e. The predicted octanol–water partition coefficient (Wildman–Crippen LogP) is 6.77. The number of carbonyl (C=O) groups excluding carboxylic acids is 2. The van der Waals surface area contributed by atoms with Crippen LogP contribution in [-0.4, -0.2) is 45.5 Å². The molecule has 1 atom stereocenters. The van der Waals surface area contributed by atoms with Gasteiger partial charge in [-0.3, -0.25) is 4.79 Å². The normalized spacial score (nSPS) is 19.2. The molecule has 1 heterocycles. The topological polar surface area (TPSA) is 67.9 Å². The van der Waals surface area contributed by atoms with Crippen molar-refractivity contribution in [2.45, 2.75) is 76.5 Å². The minimum atomic E-state index is 0.0119. The fourth-order valence-electron chi connectivity index (χ4n) is 6.65. The number of benzene rings is 2. The second kappa shape index (κ2) is 14.0. The number of methoxy groups -OCH3 is 1. The molecular weight excluding hydrogens is 500 g/mol. The lowest BCUT2D eigenvalue weighted by molar-refractivity contribution is -0.108. The van der Waals surface area contributed by atoms with E-state index >= 15 is 0 Å². The monoisotopic (exact) mass is 546 g/mol. The van der Waals surface area contributed by atoms with Gasteiger partial charge in [0.1, 0.15) is 17.8 Å². The van der Waals surface area contributed by atoms with Crippen LogP contribution in [0.4, 0.5) is 5.69 Å². The number of rotatable bonds is 13. The predicted molar refractivity (Wildman–Crippen MR) is 160 cm³/mol. The Balaban J connectivity index is 1.14. The quantitative estimate of drug-likeness (QED) is 0.281. The first kappa shape index (κ1) is 28.5. The van der Waals surface area contributed by atoms with Gasteiger partial charge in [-0.1, -0.05) is 44.2 Å². The second-order valence-electron chi connectivity index (χ2n) is 12.1. The minimum absolute atomic E-state index is 0.0119. The Kier molecular flexibility index (Phi) is 10.0. The van der Waals surface area contributed by atoms with Gasteiger partial charge in [0.15, 0.2) is 0 Å². The molecule has 0 aromatic heterocycles. The fourth-order valence-corrected chi connectivity index (χ4v) is 6.65. The molecule has 3 fully saturated rings. The third-order valence-electron chi connectivity index (χ3n) is 9.28. The average Bonchev–Trinajstić information content (AvgIpc) is 3.85. The van der Waals surface area contributed by atoms with Crippen molar-refractivity contribution in [3.05, 3.63) is 53.6 Å². The van der Waals surface area contributed by atoms with Gasteiger partial charge in [-0.2, -0.15) is 0 Å². The van der Waals surface area contributed by atoms with Crippen molar-refractivity contribution >= 4 is 17.9 Å². The Bertz CT molecular complexity index is 1120. The number of anilines is 1. The molecule has 0 radical (unpaired) electrons. The summed E-state index contributed by atoms with van der Waals surface area (Å²) in [6.07, 6.45) is 13.8. The molecule has 0 bridgehead atoms. The Morgan fingerprint density at radius 1 is 0.975 bits per heavy atom. The Morgan fingerprint density at radius 2 is 1.77 bits per heavy atom. The highest BCUT2D eigenvalue weighted by atomic mass is 16.5. The maximum Gasteiger partial charge on any atom is 0.253 e. The van der Waals surface area contributed by atoms with E-state index in [1.165, 1.54) is 50.5 Å². The van der Waals surface area contributed by atoms with Gasteiger partial charge in [-0.05, 0) is 85.6 Å². The maximum absolute atomic E-state index is 13.2. The van der Waals surface area contributed by atoms with Crippen LogP contribution in [0, 0.1) is 17.8 Å².